The van der Waals surface area contributed by atoms with Crippen LogP contribution in [0.2, 0.25) is 0 Å². The lowest BCUT2D eigenvalue weighted by Gasteiger charge is -2.09. The molecule has 10 heavy (non-hydrogen) atoms. The maximum Gasteiger partial charge on any atom is 0.0157 e. The van der Waals surface area contributed by atoms with E-state index in [1.54, 1.807) is 0 Å². The van der Waals surface area contributed by atoms with Crippen LogP contribution in [0, 0.1) is 5.92 Å². The summed E-state index contributed by atoms with van der Waals surface area (Å²) in [6.07, 6.45) is 2.65. The van der Waals surface area contributed by atoms with Crippen molar-refractivity contribution in [3.05, 3.63) is 0 Å². The first kappa shape index (κ1) is 10.4. The summed E-state index contributed by atoms with van der Waals surface area (Å²) in [6, 6.07) is 0. The molecule has 0 fully saturated rings. The molecule has 0 spiro atoms. The van der Waals surface area contributed by atoms with Crippen molar-refractivity contribution in [3.63, 3.8) is 0 Å². The van der Waals surface area contributed by atoms with Gasteiger partial charge in [-0.1, -0.05) is 36.2 Å². The van der Waals surface area contributed by atoms with Crippen LogP contribution in [0.15, 0.2) is 0 Å². The fourth-order valence-electron chi connectivity index (χ4n) is 1.01. The van der Waals surface area contributed by atoms with E-state index in [1.165, 1.54) is 19.4 Å². The maximum absolute atomic E-state index is 3.38. The van der Waals surface area contributed by atoms with E-state index in [0.29, 0.717) is 0 Å². The second-order valence-corrected chi connectivity index (χ2v) is 3.58. The molecule has 1 unspecified atom stereocenters. The lowest BCUT2D eigenvalue weighted by Crippen LogP contribution is -2.22. The lowest BCUT2D eigenvalue weighted by molar-refractivity contribution is 0.485. The Morgan fingerprint density at radius 2 is 2.20 bits per heavy atom. The molecule has 0 aliphatic carbocycles. The molecule has 0 bridgehead atoms. The second-order valence-electron chi connectivity index (χ2n) is 2.79. The lowest BCUT2D eigenvalue weighted by atomic mass is 10.1. The first-order valence-corrected chi connectivity index (χ1v) is 5.20. The van der Waals surface area contributed by atoms with Crippen LogP contribution >= 0.6 is 15.9 Å². The second kappa shape index (κ2) is 7.55. The Morgan fingerprint density at radius 3 is 2.70 bits per heavy atom. The fraction of sp³-hybridized carbons (Fsp3) is 1.00. The third-order valence-corrected chi connectivity index (χ3v) is 1.94. The van der Waals surface area contributed by atoms with Crippen LogP contribution < -0.4 is 5.32 Å². The van der Waals surface area contributed by atoms with E-state index in [9.17, 15) is 0 Å². The SMILES string of the molecule is CCCC(C)CNCCBr. The molecule has 1 nitrogen and oxygen atoms in total. The molecular formula is C8H18BrN. The van der Waals surface area contributed by atoms with E-state index in [1.807, 2.05) is 0 Å². The molecule has 0 aromatic carbocycles. The van der Waals surface area contributed by atoms with Gasteiger partial charge in [-0.3, -0.25) is 0 Å². The molecule has 0 radical (unpaired) electrons. The van der Waals surface area contributed by atoms with Gasteiger partial charge in [0.2, 0.25) is 0 Å². The largest absolute Gasteiger partial charge is 0.316 e. The molecule has 0 aromatic heterocycles. The van der Waals surface area contributed by atoms with Crippen molar-refractivity contribution in [1.29, 1.82) is 0 Å². The third kappa shape index (κ3) is 6.56. The van der Waals surface area contributed by atoms with Gasteiger partial charge >= 0.3 is 0 Å². The van der Waals surface area contributed by atoms with Crippen molar-refractivity contribution in [1.82, 2.24) is 5.32 Å². The minimum atomic E-state index is 0.837. The van der Waals surface area contributed by atoms with E-state index >= 15 is 0 Å². The van der Waals surface area contributed by atoms with Crippen LogP contribution in [0.4, 0.5) is 0 Å². The summed E-state index contributed by atoms with van der Waals surface area (Å²) in [5.41, 5.74) is 0. The highest BCUT2D eigenvalue weighted by molar-refractivity contribution is 9.09. The number of alkyl halides is 1. The molecule has 1 atom stereocenters. The van der Waals surface area contributed by atoms with Gasteiger partial charge in [0, 0.05) is 11.9 Å². The van der Waals surface area contributed by atoms with Gasteiger partial charge in [0.1, 0.15) is 0 Å². The predicted octanol–water partition coefficient (Wildman–Crippen LogP) is 2.41. The summed E-state index contributed by atoms with van der Waals surface area (Å²) < 4.78 is 0. The highest BCUT2D eigenvalue weighted by Crippen LogP contribution is 2.02. The first-order chi connectivity index (χ1) is 4.81. The van der Waals surface area contributed by atoms with E-state index < -0.39 is 0 Å². The van der Waals surface area contributed by atoms with E-state index in [-0.39, 0.29) is 0 Å². The Labute approximate surface area is 72.7 Å². The predicted molar refractivity (Wildman–Crippen MR) is 50.7 cm³/mol. The summed E-state index contributed by atoms with van der Waals surface area (Å²) in [6.45, 7) is 6.79. The molecule has 0 amide bonds. The van der Waals surface area contributed by atoms with E-state index in [4.69, 9.17) is 0 Å². The molecule has 0 saturated heterocycles. The molecule has 0 aromatic rings. The molecule has 0 aliphatic heterocycles. The molecule has 1 N–H and O–H groups in total. The zero-order valence-electron chi connectivity index (χ0n) is 6.99. The van der Waals surface area contributed by atoms with Gasteiger partial charge in [-0.2, -0.15) is 0 Å². The minimum Gasteiger partial charge on any atom is -0.316 e. The van der Waals surface area contributed by atoms with Crippen molar-refractivity contribution < 1.29 is 0 Å². The van der Waals surface area contributed by atoms with Crippen molar-refractivity contribution in [2.24, 2.45) is 5.92 Å². The van der Waals surface area contributed by atoms with Gasteiger partial charge in [-0.25, -0.2) is 0 Å². The van der Waals surface area contributed by atoms with Crippen LogP contribution in [0.3, 0.4) is 0 Å². The van der Waals surface area contributed by atoms with Crippen LogP contribution in [-0.4, -0.2) is 18.4 Å². The fourth-order valence-corrected chi connectivity index (χ4v) is 1.29. The maximum atomic E-state index is 3.38. The Balaban J connectivity index is 2.97. The number of rotatable bonds is 6. The topological polar surface area (TPSA) is 12.0 Å². The number of hydrogen-bond donors (Lipinski definition) is 1. The van der Waals surface area contributed by atoms with E-state index in [0.717, 1.165) is 17.8 Å². The van der Waals surface area contributed by atoms with Gasteiger partial charge in [0.25, 0.3) is 0 Å². The van der Waals surface area contributed by atoms with Crippen LogP contribution in [0.1, 0.15) is 26.7 Å². The minimum absolute atomic E-state index is 0.837. The quantitative estimate of drug-likeness (QED) is 0.522. The Bertz CT molecular complexity index is 66.3. The zero-order valence-corrected chi connectivity index (χ0v) is 8.58. The van der Waals surface area contributed by atoms with Gasteiger partial charge in [0.15, 0.2) is 0 Å². The van der Waals surface area contributed by atoms with Crippen molar-refractivity contribution in [2.45, 2.75) is 26.7 Å². The normalized spacial score (nSPS) is 13.5. The standard InChI is InChI=1S/C8H18BrN/c1-3-4-8(2)7-10-6-5-9/h8,10H,3-7H2,1-2H3. The Morgan fingerprint density at radius 1 is 1.50 bits per heavy atom. The molecule has 0 aliphatic rings. The molecule has 0 rings (SSSR count). The molecule has 0 heterocycles. The summed E-state index contributed by atoms with van der Waals surface area (Å²) in [5.74, 6) is 0.837. The average molecular weight is 208 g/mol. The highest BCUT2D eigenvalue weighted by atomic mass is 79.9. The summed E-state index contributed by atoms with van der Waals surface area (Å²) in [5, 5.41) is 4.43. The van der Waals surface area contributed by atoms with Gasteiger partial charge < -0.3 is 5.32 Å². The van der Waals surface area contributed by atoms with Gasteiger partial charge in [0.05, 0.1) is 0 Å². The van der Waals surface area contributed by atoms with Crippen molar-refractivity contribution >= 4 is 15.9 Å². The Kier molecular flexibility index (Phi) is 7.88. The zero-order chi connectivity index (χ0) is 7.82. The number of halogens is 1. The highest BCUT2D eigenvalue weighted by Gasteiger charge is 1.97. The smallest absolute Gasteiger partial charge is 0.0157 e. The first-order valence-electron chi connectivity index (χ1n) is 4.08. The Hall–Kier alpha value is 0.440. The van der Waals surface area contributed by atoms with Gasteiger partial charge in [-0.15, -0.1) is 0 Å². The van der Waals surface area contributed by atoms with Crippen molar-refractivity contribution in [3.8, 4) is 0 Å². The number of hydrogen-bond acceptors (Lipinski definition) is 1. The summed E-state index contributed by atoms with van der Waals surface area (Å²) in [4.78, 5) is 0. The molecule has 2 heteroatoms. The van der Waals surface area contributed by atoms with E-state index in [2.05, 4.69) is 35.1 Å². The van der Waals surface area contributed by atoms with Crippen molar-refractivity contribution in [2.75, 3.05) is 18.4 Å². The molecule has 0 saturated carbocycles. The van der Waals surface area contributed by atoms with Crippen LogP contribution in [0.5, 0.6) is 0 Å². The summed E-state index contributed by atoms with van der Waals surface area (Å²) in [7, 11) is 0. The third-order valence-electron chi connectivity index (χ3n) is 1.55. The monoisotopic (exact) mass is 207 g/mol. The van der Waals surface area contributed by atoms with Crippen LogP contribution in [0.25, 0.3) is 0 Å². The number of nitrogens with one attached hydrogen (secondary N) is 1. The van der Waals surface area contributed by atoms with Gasteiger partial charge in [-0.05, 0) is 18.9 Å². The molecular weight excluding hydrogens is 190 g/mol. The van der Waals surface area contributed by atoms with Crippen LogP contribution in [-0.2, 0) is 0 Å². The average Bonchev–Trinajstić information content (AvgIpc) is 1.89. The summed E-state index contributed by atoms with van der Waals surface area (Å²) >= 11 is 3.38. The molecule has 62 valence electrons.